The molecule has 5 nitrogen and oxygen atoms in total. The number of rotatable bonds is 6. The van der Waals surface area contributed by atoms with Crippen LogP contribution in [0.4, 0.5) is 0 Å². The van der Waals surface area contributed by atoms with Gasteiger partial charge in [0, 0.05) is 24.9 Å². The fourth-order valence-electron chi connectivity index (χ4n) is 1.62. The summed E-state index contributed by atoms with van der Waals surface area (Å²) in [6.45, 7) is 8.50. The Hall–Kier alpha value is -1.10. The standard InChI is InChI=1S/C12H23N3O2/c1-8(2)11(16)14-4-5-15-12(17)9(3)10-6-13-7-10/h8-10,13H,4-7H2,1-3H3,(H,14,16)(H,15,17). The summed E-state index contributed by atoms with van der Waals surface area (Å²) in [6, 6.07) is 0. The Morgan fingerprint density at radius 2 is 1.65 bits per heavy atom. The zero-order valence-corrected chi connectivity index (χ0v) is 10.9. The van der Waals surface area contributed by atoms with E-state index in [1.54, 1.807) is 0 Å². The fraction of sp³-hybridized carbons (Fsp3) is 0.833. The summed E-state index contributed by atoms with van der Waals surface area (Å²) in [5.41, 5.74) is 0. The van der Waals surface area contributed by atoms with E-state index in [0.29, 0.717) is 19.0 Å². The van der Waals surface area contributed by atoms with Gasteiger partial charge in [-0.1, -0.05) is 20.8 Å². The molecule has 0 aromatic carbocycles. The normalized spacial score (nSPS) is 17.4. The van der Waals surface area contributed by atoms with E-state index >= 15 is 0 Å². The van der Waals surface area contributed by atoms with Gasteiger partial charge in [-0.3, -0.25) is 9.59 Å². The summed E-state index contributed by atoms with van der Waals surface area (Å²) in [5.74, 6) is 0.605. The third-order valence-electron chi connectivity index (χ3n) is 3.18. The molecule has 1 fully saturated rings. The first-order valence-electron chi connectivity index (χ1n) is 6.28. The Kier molecular flexibility index (Phi) is 5.41. The zero-order valence-electron chi connectivity index (χ0n) is 10.9. The average molecular weight is 241 g/mol. The number of amides is 2. The largest absolute Gasteiger partial charge is 0.354 e. The summed E-state index contributed by atoms with van der Waals surface area (Å²) in [4.78, 5) is 23.0. The second-order valence-corrected chi connectivity index (χ2v) is 4.94. The van der Waals surface area contributed by atoms with E-state index in [0.717, 1.165) is 13.1 Å². The molecule has 1 unspecified atom stereocenters. The topological polar surface area (TPSA) is 70.2 Å². The first kappa shape index (κ1) is 14.0. The van der Waals surface area contributed by atoms with E-state index in [2.05, 4.69) is 16.0 Å². The molecular weight excluding hydrogens is 218 g/mol. The van der Waals surface area contributed by atoms with Gasteiger partial charge in [0.25, 0.3) is 0 Å². The number of nitrogens with one attached hydrogen (secondary N) is 3. The van der Waals surface area contributed by atoms with Crippen molar-refractivity contribution in [1.82, 2.24) is 16.0 Å². The maximum atomic E-state index is 11.7. The van der Waals surface area contributed by atoms with Crippen molar-refractivity contribution in [3.05, 3.63) is 0 Å². The van der Waals surface area contributed by atoms with Crippen molar-refractivity contribution in [3.63, 3.8) is 0 Å². The van der Waals surface area contributed by atoms with Crippen LogP contribution in [0.3, 0.4) is 0 Å². The molecule has 2 amide bonds. The van der Waals surface area contributed by atoms with Gasteiger partial charge >= 0.3 is 0 Å². The van der Waals surface area contributed by atoms with Crippen LogP contribution in [0.2, 0.25) is 0 Å². The van der Waals surface area contributed by atoms with Gasteiger partial charge in [0.1, 0.15) is 0 Å². The molecule has 1 atom stereocenters. The molecule has 0 radical (unpaired) electrons. The van der Waals surface area contributed by atoms with Crippen molar-refractivity contribution < 1.29 is 9.59 Å². The molecular formula is C12H23N3O2. The highest BCUT2D eigenvalue weighted by atomic mass is 16.2. The van der Waals surface area contributed by atoms with Crippen LogP contribution < -0.4 is 16.0 Å². The smallest absolute Gasteiger partial charge is 0.223 e. The van der Waals surface area contributed by atoms with Gasteiger partial charge in [-0.15, -0.1) is 0 Å². The van der Waals surface area contributed by atoms with Crippen molar-refractivity contribution in [2.24, 2.45) is 17.8 Å². The van der Waals surface area contributed by atoms with Gasteiger partial charge in [0.15, 0.2) is 0 Å². The lowest BCUT2D eigenvalue weighted by Crippen LogP contribution is -2.50. The van der Waals surface area contributed by atoms with Gasteiger partial charge in [0.2, 0.25) is 11.8 Å². The molecule has 0 spiro atoms. The minimum atomic E-state index is -0.00863. The Morgan fingerprint density at radius 1 is 1.12 bits per heavy atom. The first-order valence-corrected chi connectivity index (χ1v) is 6.28. The van der Waals surface area contributed by atoms with Gasteiger partial charge < -0.3 is 16.0 Å². The van der Waals surface area contributed by atoms with E-state index < -0.39 is 0 Å². The van der Waals surface area contributed by atoms with E-state index in [-0.39, 0.29) is 23.7 Å². The van der Waals surface area contributed by atoms with Gasteiger partial charge in [-0.2, -0.15) is 0 Å². The Labute approximate surface area is 103 Å². The van der Waals surface area contributed by atoms with Crippen LogP contribution in [0.5, 0.6) is 0 Å². The SMILES string of the molecule is CC(C)C(=O)NCCNC(=O)C(C)C1CNC1. The van der Waals surface area contributed by atoms with Crippen molar-refractivity contribution in [2.45, 2.75) is 20.8 Å². The summed E-state index contributed by atoms with van der Waals surface area (Å²) < 4.78 is 0. The van der Waals surface area contributed by atoms with Crippen molar-refractivity contribution >= 4 is 11.8 Å². The average Bonchev–Trinajstić information content (AvgIpc) is 2.20. The van der Waals surface area contributed by atoms with Crippen LogP contribution >= 0.6 is 0 Å². The molecule has 5 heteroatoms. The highest BCUT2D eigenvalue weighted by molar-refractivity contribution is 5.79. The Bertz CT molecular complexity index is 275. The number of carbonyl (C=O) groups is 2. The zero-order chi connectivity index (χ0) is 12.8. The predicted octanol–water partition coefficient (Wildman–Crippen LogP) is -0.270. The molecule has 0 aromatic heterocycles. The van der Waals surface area contributed by atoms with Crippen LogP contribution in [0.25, 0.3) is 0 Å². The number of hydrogen-bond donors (Lipinski definition) is 3. The quantitative estimate of drug-likeness (QED) is 0.561. The summed E-state index contributed by atoms with van der Waals surface area (Å²) in [6.07, 6.45) is 0. The van der Waals surface area contributed by atoms with E-state index in [9.17, 15) is 9.59 Å². The monoisotopic (exact) mass is 241 g/mol. The summed E-state index contributed by atoms with van der Waals surface area (Å²) >= 11 is 0. The number of carbonyl (C=O) groups excluding carboxylic acids is 2. The van der Waals surface area contributed by atoms with Crippen LogP contribution in [0, 0.1) is 17.8 Å². The minimum Gasteiger partial charge on any atom is -0.354 e. The molecule has 17 heavy (non-hydrogen) atoms. The molecule has 0 aromatic rings. The molecule has 0 bridgehead atoms. The second kappa shape index (κ2) is 6.59. The first-order chi connectivity index (χ1) is 8.02. The maximum absolute atomic E-state index is 11.7. The molecule has 0 saturated carbocycles. The molecule has 98 valence electrons. The molecule has 1 aliphatic rings. The third-order valence-corrected chi connectivity index (χ3v) is 3.18. The van der Waals surface area contributed by atoms with E-state index in [1.165, 1.54) is 0 Å². The molecule has 1 aliphatic heterocycles. The highest BCUT2D eigenvalue weighted by Crippen LogP contribution is 2.15. The number of hydrogen-bond acceptors (Lipinski definition) is 3. The maximum Gasteiger partial charge on any atom is 0.223 e. The Morgan fingerprint density at radius 3 is 2.06 bits per heavy atom. The van der Waals surface area contributed by atoms with Gasteiger partial charge in [-0.05, 0) is 19.0 Å². The van der Waals surface area contributed by atoms with Crippen molar-refractivity contribution in [2.75, 3.05) is 26.2 Å². The second-order valence-electron chi connectivity index (χ2n) is 4.94. The van der Waals surface area contributed by atoms with Crippen molar-refractivity contribution in [3.8, 4) is 0 Å². The molecule has 3 N–H and O–H groups in total. The molecule has 1 rings (SSSR count). The highest BCUT2D eigenvalue weighted by Gasteiger charge is 2.28. The predicted molar refractivity (Wildman–Crippen MR) is 66.4 cm³/mol. The van der Waals surface area contributed by atoms with E-state index in [1.807, 2.05) is 20.8 Å². The van der Waals surface area contributed by atoms with Crippen LogP contribution in [-0.2, 0) is 9.59 Å². The summed E-state index contributed by atoms with van der Waals surface area (Å²) in [7, 11) is 0. The molecule has 0 aliphatic carbocycles. The fourth-order valence-corrected chi connectivity index (χ4v) is 1.62. The minimum absolute atomic E-state index is 0.00863. The lowest BCUT2D eigenvalue weighted by atomic mass is 9.88. The lowest BCUT2D eigenvalue weighted by molar-refractivity contribution is -0.127. The van der Waals surface area contributed by atoms with Crippen molar-refractivity contribution in [1.29, 1.82) is 0 Å². The van der Waals surface area contributed by atoms with E-state index in [4.69, 9.17) is 0 Å². The summed E-state index contributed by atoms with van der Waals surface area (Å²) in [5, 5.41) is 8.77. The van der Waals surface area contributed by atoms with Crippen LogP contribution in [-0.4, -0.2) is 38.0 Å². The third kappa shape index (κ3) is 4.34. The molecule has 1 heterocycles. The molecule has 1 saturated heterocycles. The van der Waals surface area contributed by atoms with Gasteiger partial charge in [0.05, 0.1) is 0 Å². The van der Waals surface area contributed by atoms with Crippen LogP contribution in [0.1, 0.15) is 20.8 Å². The van der Waals surface area contributed by atoms with Crippen LogP contribution in [0.15, 0.2) is 0 Å². The Balaban J connectivity index is 2.09. The van der Waals surface area contributed by atoms with Gasteiger partial charge in [-0.25, -0.2) is 0 Å². The lowest BCUT2D eigenvalue weighted by Gasteiger charge is -2.31.